The van der Waals surface area contributed by atoms with Gasteiger partial charge in [-0.1, -0.05) is 0 Å². The van der Waals surface area contributed by atoms with E-state index in [4.69, 9.17) is 13.3 Å². The van der Waals surface area contributed by atoms with Crippen LogP contribution in [-0.2, 0) is 18.1 Å². The first kappa shape index (κ1) is 20.2. The molecule has 0 aliphatic carbocycles. The molecule has 0 amide bonds. The highest BCUT2D eigenvalue weighted by atomic mass is 28.4. The van der Waals surface area contributed by atoms with Crippen molar-refractivity contribution < 1.29 is 18.1 Å². The van der Waals surface area contributed by atoms with Crippen molar-refractivity contribution in [2.24, 2.45) is 0 Å². The molecule has 7 heteroatoms. The molecule has 0 aromatic carbocycles. The van der Waals surface area contributed by atoms with Crippen LogP contribution in [0, 0.1) is 0 Å². The molecule has 0 saturated carbocycles. The lowest BCUT2D eigenvalue weighted by molar-refractivity contribution is -0.129. The van der Waals surface area contributed by atoms with E-state index in [1.807, 2.05) is 0 Å². The summed E-state index contributed by atoms with van der Waals surface area (Å²) in [7, 11) is -5.11. The molecule has 120 valence electrons. The number of carbonyl (C=O) groups is 1. The Morgan fingerprint density at radius 2 is 1.25 bits per heavy atom. The molecule has 0 aliphatic rings. The quantitative estimate of drug-likeness (QED) is 0.605. The molecule has 0 fully saturated rings. The fraction of sp³-hybridized carbons (Fsp3) is 0.923. The molecule has 0 heterocycles. The first-order chi connectivity index (χ1) is 8.70. The van der Waals surface area contributed by atoms with Gasteiger partial charge in [0.25, 0.3) is 0 Å². The van der Waals surface area contributed by atoms with E-state index >= 15 is 0 Å². The minimum Gasteiger partial charge on any atom is -0.415 e. The minimum absolute atomic E-state index is 0.00750. The number of carbonyl (C=O) groups excluding carboxylic acids is 1. The molecule has 4 nitrogen and oxygen atoms in total. The minimum atomic E-state index is -1.78. The average molecular weight is 337 g/mol. The van der Waals surface area contributed by atoms with E-state index in [-0.39, 0.29) is 12.4 Å². The summed E-state index contributed by atoms with van der Waals surface area (Å²) in [6, 6.07) is 0. The van der Waals surface area contributed by atoms with Gasteiger partial charge in [0.05, 0.1) is 13.2 Å². The maximum absolute atomic E-state index is 12.3. The van der Waals surface area contributed by atoms with E-state index in [0.717, 1.165) is 0 Å². The van der Waals surface area contributed by atoms with E-state index in [0.29, 0.717) is 6.61 Å². The Hall–Kier alpha value is 0.201. The summed E-state index contributed by atoms with van der Waals surface area (Å²) < 4.78 is 17.5. The van der Waals surface area contributed by atoms with Gasteiger partial charge >= 0.3 is 0 Å². The molecule has 0 bridgehead atoms. The first-order valence-electron chi connectivity index (χ1n) is 7.18. The Morgan fingerprint density at radius 1 is 0.800 bits per heavy atom. The number of hydrogen-bond acceptors (Lipinski definition) is 4. The highest BCUT2D eigenvalue weighted by Gasteiger charge is 2.29. The molecule has 0 aromatic heterocycles. The molecule has 0 aromatic rings. The van der Waals surface area contributed by atoms with Gasteiger partial charge in [0, 0.05) is 0 Å². The van der Waals surface area contributed by atoms with Crippen molar-refractivity contribution in [1.29, 1.82) is 0 Å². The normalized spacial score (nSPS) is 15.2. The van der Waals surface area contributed by atoms with Gasteiger partial charge in [-0.25, -0.2) is 0 Å². The van der Waals surface area contributed by atoms with Crippen LogP contribution in [0.25, 0.3) is 0 Å². The predicted molar refractivity (Wildman–Crippen MR) is 91.8 cm³/mol. The van der Waals surface area contributed by atoms with Crippen molar-refractivity contribution in [2.75, 3.05) is 13.2 Å². The third-order valence-electron chi connectivity index (χ3n) is 2.17. The second-order valence-corrected chi connectivity index (χ2v) is 21.5. The van der Waals surface area contributed by atoms with E-state index in [1.54, 1.807) is 0 Å². The summed E-state index contributed by atoms with van der Waals surface area (Å²) in [4.78, 5) is 12.3. The highest BCUT2D eigenvalue weighted by Crippen LogP contribution is 2.13. The monoisotopic (exact) mass is 336 g/mol. The molecule has 0 N–H and O–H groups in total. The van der Waals surface area contributed by atoms with Gasteiger partial charge < -0.3 is 13.3 Å². The molecule has 0 unspecified atom stereocenters. The Balaban J connectivity index is 4.63. The molecular weight excluding hydrogens is 304 g/mol. The van der Waals surface area contributed by atoms with Crippen LogP contribution < -0.4 is 0 Å². The summed E-state index contributed by atoms with van der Waals surface area (Å²) in [6.07, 6.45) is -0.482. The Kier molecular flexibility index (Phi) is 7.53. The Morgan fingerprint density at radius 3 is 1.60 bits per heavy atom. The van der Waals surface area contributed by atoms with Crippen LogP contribution in [0.3, 0.4) is 0 Å². The molecule has 0 rings (SSSR count). The van der Waals surface area contributed by atoms with E-state index in [1.165, 1.54) is 0 Å². The summed E-state index contributed by atoms with van der Waals surface area (Å²) in [6.45, 7) is 19.3. The number of rotatable bonds is 9. The Labute approximate surface area is 127 Å². The van der Waals surface area contributed by atoms with Gasteiger partial charge in [0.1, 0.15) is 6.10 Å². The van der Waals surface area contributed by atoms with E-state index < -0.39 is 31.1 Å². The maximum Gasteiger partial charge on any atom is 0.186 e. The summed E-state index contributed by atoms with van der Waals surface area (Å²) in [5.41, 5.74) is 0. The van der Waals surface area contributed by atoms with Crippen molar-refractivity contribution >= 4 is 30.7 Å². The van der Waals surface area contributed by atoms with E-state index in [9.17, 15) is 4.79 Å². The van der Waals surface area contributed by atoms with Crippen molar-refractivity contribution in [1.82, 2.24) is 0 Å². The lowest BCUT2D eigenvalue weighted by Gasteiger charge is -2.29. The molecule has 20 heavy (non-hydrogen) atoms. The molecule has 0 spiro atoms. The second kappa shape index (κ2) is 7.46. The predicted octanol–water partition coefficient (Wildman–Crippen LogP) is 3.48. The van der Waals surface area contributed by atoms with Crippen LogP contribution >= 0.6 is 0 Å². The van der Waals surface area contributed by atoms with Crippen LogP contribution in [0.5, 0.6) is 0 Å². The van der Waals surface area contributed by atoms with Crippen LogP contribution in [0.15, 0.2) is 0 Å². The van der Waals surface area contributed by atoms with Gasteiger partial charge in [-0.3, -0.25) is 4.79 Å². The fourth-order valence-electron chi connectivity index (χ4n) is 1.33. The Bertz CT molecular complexity index is 313. The third kappa shape index (κ3) is 12.0. The zero-order valence-electron chi connectivity index (χ0n) is 14.6. The topological polar surface area (TPSA) is 44.8 Å². The average Bonchev–Trinajstić information content (AvgIpc) is 2.16. The van der Waals surface area contributed by atoms with Gasteiger partial charge in [0.2, 0.25) is 0 Å². The van der Waals surface area contributed by atoms with Crippen LogP contribution in [0.4, 0.5) is 0 Å². The first-order valence-corrected chi connectivity index (χ1v) is 17.4. The molecular formula is C13H32O4Si3. The molecule has 0 radical (unpaired) electrons. The number of Topliss-reactive ketones (excluding diaryl/α,β-unsaturated/α-hetero) is 1. The van der Waals surface area contributed by atoms with Gasteiger partial charge in [0.15, 0.2) is 30.7 Å². The van der Waals surface area contributed by atoms with Crippen molar-refractivity contribution in [3.63, 3.8) is 0 Å². The second-order valence-electron chi connectivity index (χ2n) is 8.01. The highest BCUT2D eigenvalue weighted by molar-refractivity contribution is 6.70. The molecule has 1 atom stereocenters. The smallest absolute Gasteiger partial charge is 0.186 e. The van der Waals surface area contributed by atoms with Crippen LogP contribution in [0.1, 0.15) is 0 Å². The van der Waals surface area contributed by atoms with Crippen molar-refractivity contribution in [3.05, 3.63) is 0 Å². The maximum atomic E-state index is 12.3. The summed E-state index contributed by atoms with van der Waals surface area (Å²) in [5, 5.41) is 0. The van der Waals surface area contributed by atoms with E-state index in [2.05, 4.69) is 58.9 Å². The van der Waals surface area contributed by atoms with Gasteiger partial charge in [-0.05, 0) is 58.9 Å². The zero-order valence-corrected chi connectivity index (χ0v) is 17.6. The van der Waals surface area contributed by atoms with Crippen molar-refractivity contribution in [2.45, 2.75) is 65.0 Å². The zero-order chi connectivity index (χ0) is 16.2. The third-order valence-corrected chi connectivity index (χ3v) is 5.20. The summed E-state index contributed by atoms with van der Waals surface area (Å²) >= 11 is 0. The van der Waals surface area contributed by atoms with Crippen molar-refractivity contribution in [3.8, 4) is 0 Å². The van der Waals surface area contributed by atoms with Crippen LogP contribution in [0.2, 0.25) is 58.9 Å². The SMILES string of the molecule is C[Si](C)(C)OCC(=O)[C@H](CO[Si](C)(C)C)O[Si](C)(C)C. The number of hydrogen-bond donors (Lipinski definition) is 0. The lowest BCUT2D eigenvalue weighted by Crippen LogP contribution is -2.44. The van der Waals surface area contributed by atoms with Crippen LogP contribution in [-0.4, -0.2) is 50.1 Å². The van der Waals surface area contributed by atoms with Gasteiger partial charge in [-0.2, -0.15) is 0 Å². The fourth-order valence-corrected chi connectivity index (χ4v) is 3.61. The summed E-state index contributed by atoms with van der Waals surface area (Å²) in [5.74, 6) is 0.00750. The molecule has 0 aliphatic heterocycles. The largest absolute Gasteiger partial charge is 0.415 e. The molecule has 0 saturated heterocycles. The standard InChI is InChI=1S/C13H32O4Si3/c1-18(2,3)15-10-12(14)13(17-20(7,8)9)11-16-19(4,5)6/h13H,10-11H2,1-9H3/t13-/m0/s1. The lowest BCUT2D eigenvalue weighted by atomic mass is 10.2. The number of ketones is 1. The van der Waals surface area contributed by atoms with Gasteiger partial charge in [-0.15, -0.1) is 0 Å².